The first-order valence-corrected chi connectivity index (χ1v) is 19.2. The first-order chi connectivity index (χ1) is 24.3. The molecule has 6 aromatic rings. The number of hydrogen-bond donors (Lipinski definition) is 4. The molecular formula is C38H36Cl2FN6O2S2+. The number of nitrogens with one attached hydrogen (secondary N) is 3. The van der Waals surface area contributed by atoms with Crippen molar-refractivity contribution in [3.05, 3.63) is 88.2 Å². The molecular weight excluding hydrogens is 726 g/mol. The van der Waals surface area contributed by atoms with E-state index in [4.69, 9.17) is 28.2 Å². The van der Waals surface area contributed by atoms with E-state index in [9.17, 15) is 9.90 Å². The first kappa shape index (κ1) is 34.3. The predicted molar refractivity (Wildman–Crippen MR) is 210 cm³/mol. The first-order valence-electron chi connectivity index (χ1n) is 16.8. The van der Waals surface area contributed by atoms with Crippen molar-refractivity contribution in [2.45, 2.75) is 39.0 Å². The second-order valence-electron chi connectivity index (χ2n) is 14.7. The van der Waals surface area contributed by atoms with Crippen LogP contribution in [0.1, 0.15) is 39.2 Å². The maximum atomic E-state index is 16.6. The number of rotatable bonds is 5. The zero-order valence-electron chi connectivity index (χ0n) is 28.2. The van der Waals surface area contributed by atoms with Gasteiger partial charge in [-0.15, -0.1) is 11.3 Å². The van der Waals surface area contributed by atoms with Gasteiger partial charge in [0.2, 0.25) is 0 Å². The van der Waals surface area contributed by atoms with Gasteiger partial charge in [0.25, 0.3) is 0 Å². The van der Waals surface area contributed by atoms with Crippen LogP contribution >= 0.6 is 45.9 Å². The molecule has 1 atom stereocenters. The molecule has 2 amide bonds. The summed E-state index contributed by atoms with van der Waals surface area (Å²) in [6.07, 6.45) is 1.49. The van der Waals surface area contributed by atoms with Gasteiger partial charge >= 0.3 is 6.03 Å². The lowest BCUT2D eigenvalue weighted by Crippen LogP contribution is -2.53. The fraction of sp³-hybridized carbons (Fsp3) is 0.289. The summed E-state index contributed by atoms with van der Waals surface area (Å²) in [5, 5.41) is 23.7. The van der Waals surface area contributed by atoms with Crippen LogP contribution in [0.25, 0.3) is 31.0 Å². The highest BCUT2D eigenvalue weighted by Crippen LogP contribution is 2.62. The summed E-state index contributed by atoms with van der Waals surface area (Å²) in [4.78, 5) is 23.1. The van der Waals surface area contributed by atoms with Crippen molar-refractivity contribution in [2.75, 3.05) is 36.8 Å². The summed E-state index contributed by atoms with van der Waals surface area (Å²) in [5.41, 5.74) is 3.96. The number of thiazole rings is 2. The SMILES string of the molecule is CC(C)(C)C[N+]1(c2ccccc2NC(=O)Nc2nc3ccc(Cl)cc3s2)CC2(CCNCC2)c2c(-c3nc4cc(Cl)ccc4s3)c(F)cc(O)c21. The van der Waals surface area contributed by atoms with Crippen molar-refractivity contribution in [1.82, 2.24) is 19.8 Å². The molecule has 4 heterocycles. The number of anilines is 2. The number of benzene rings is 4. The predicted octanol–water partition coefficient (Wildman–Crippen LogP) is 10.7. The topological polar surface area (TPSA) is 99.2 Å². The van der Waals surface area contributed by atoms with Crippen molar-refractivity contribution in [3.8, 4) is 16.3 Å². The Balaban J connectivity index is 1.30. The van der Waals surface area contributed by atoms with E-state index in [2.05, 4.69) is 41.7 Å². The third-order valence-electron chi connectivity index (χ3n) is 9.82. The summed E-state index contributed by atoms with van der Waals surface area (Å²) < 4.78 is 18.5. The van der Waals surface area contributed by atoms with Gasteiger partial charge in [-0.05, 0) is 68.4 Å². The van der Waals surface area contributed by atoms with Gasteiger partial charge in [-0.2, -0.15) is 0 Å². The second-order valence-corrected chi connectivity index (χ2v) is 17.6. The molecule has 0 aliphatic carbocycles. The summed E-state index contributed by atoms with van der Waals surface area (Å²) in [5.74, 6) is -0.615. The molecule has 1 saturated heterocycles. The number of phenols is 1. The van der Waals surface area contributed by atoms with Gasteiger partial charge in [-0.3, -0.25) is 9.80 Å². The second kappa shape index (κ2) is 12.7. The Kier molecular flexibility index (Phi) is 8.52. The fourth-order valence-electron chi connectivity index (χ4n) is 8.17. The molecule has 4 N–H and O–H groups in total. The van der Waals surface area contributed by atoms with Crippen molar-refractivity contribution in [2.24, 2.45) is 5.41 Å². The molecule has 2 aromatic heterocycles. The van der Waals surface area contributed by atoms with Crippen molar-refractivity contribution in [1.29, 1.82) is 0 Å². The van der Waals surface area contributed by atoms with Crippen LogP contribution in [0.4, 0.5) is 31.4 Å². The normalized spacial score (nSPS) is 18.4. The number of halogens is 3. The fourth-order valence-corrected chi connectivity index (χ4v) is 10.5. The van der Waals surface area contributed by atoms with Crippen LogP contribution in [-0.2, 0) is 5.41 Å². The molecule has 8 rings (SSSR count). The summed E-state index contributed by atoms with van der Waals surface area (Å²) in [6, 6.07) is 19.4. The molecule has 8 nitrogen and oxygen atoms in total. The molecule has 1 fully saturated rings. The lowest BCUT2D eigenvalue weighted by atomic mass is 9.73. The number of aromatic nitrogens is 2. The van der Waals surface area contributed by atoms with Crippen LogP contribution in [0.5, 0.6) is 5.75 Å². The van der Waals surface area contributed by atoms with Gasteiger partial charge in [0.15, 0.2) is 22.3 Å². The molecule has 1 unspecified atom stereocenters. The number of phenolic OH excluding ortho intramolecular Hbond substituents is 1. The molecule has 1 spiro atoms. The van der Waals surface area contributed by atoms with Gasteiger partial charge in [-0.25, -0.2) is 19.2 Å². The lowest BCUT2D eigenvalue weighted by molar-refractivity contribution is 0.212. The van der Waals surface area contributed by atoms with E-state index in [0.29, 0.717) is 55.7 Å². The lowest BCUT2D eigenvalue weighted by Gasteiger charge is -2.42. The Morgan fingerprint density at radius 3 is 2.49 bits per heavy atom. The number of quaternary nitrogens is 1. The Bertz CT molecular complexity index is 2350. The van der Waals surface area contributed by atoms with Gasteiger partial charge in [0.05, 0.1) is 44.5 Å². The van der Waals surface area contributed by atoms with E-state index in [0.717, 1.165) is 52.1 Å². The highest BCUT2D eigenvalue weighted by molar-refractivity contribution is 7.22. The highest BCUT2D eigenvalue weighted by atomic mass is 35.5. The van der Waals surface area contributed by atoms with Crippen molar-refractivity contribution >= 4 is 94.5 Å². The Morgan fingerprint density at radius 2 is 1.71 bits per heavy atom. The van der Waals surface area contributed by atoms with E-state index < -0.39 is 17.3 Å². The van der Waals surface area contributed by atoms with E-state index in [1.54, 1.807) is 12.1 Å². The number of para-hydroxylation sites is 2. The zero-order valence-corrected chi connectivity index (χ0v) is 31.4. The highest BCUT2D eigenvalue weighted by Gasteiger charge is 2.60. The smallest absolute Gasteiger partial charge is 0.325 e. The Labute approximate surface area is 312 Å². The number of carbonyl (C=O) groups excluding carboxylic acids is 1. The summed E-state index contributed by atoms with van der Waals surface area (Å²) in [6.45, 7) is 9.14. The molecule has 51 heavy (non-hydrogen) atoms. The minimum absolute atomic E-state index is 0.109. The summed E-state index contributed by atoms with van der Waals surface area (Å²) in [7, 11) is 0. The number of fused-ring (bicyclic) bond motifs is 4. The largest absolute Gasteiger partial charge is 0.503 e. The molecule has 4 aromatic carbocycles. The van der Waals surface area contributed by atoms with Gasteiger partial charge in [0.1, 0.15) is 16.5 Å². The van der Waals surface area contributed by atoms with E-state index in [1.165, 1.54) is 28.7 Å². The number of urea groups is 1. The van der Waals surface area contributed by atoms with Gasteiger partial charge in [-0.1, -0.05) is 67.4 Å². The van der Waals surface area contributed by atoms with Crippen LogP contribution in [-0.4, -0.2) is 47.3 Å². The van der Waals surface area contributed by atoms with Crippen molar-refractivity contribution < 1.29 is 14.3 Å². The monoisotopic (exact) mass is 761 g/mol. The number of aromatic hydroxyl groups is 1. The van der Waals surface area contributed by atoms with Crippen LogP contribution in [0, 0.1) is 11.2 Å². The summed E-state index contributed by atoms with van der Waals surface area (Å²) >= 11 is 15.3. The Hall–Kier alpha value is -3.84. The van der Waals surface area contributed by atoms with E-state index in [-0.39, 0.29) is 15.6 Å². The minimum atomic E-state index is -0.507. The van der Waals surface area contributed by atoms with E-state index >= 15 is 4.39 Å². The third-order valence-corrected chi connectivity index (χ3v) is 12.3. The molecule has 13 heteroatoms. The van der Waals surface area contributed by atoms with Crippen LogP contribution in [0.3, 0.4) is 0 Å². The Morgan fingerprint density at radius 1 is 0.961 bits per heavy atom. The van der Waals surface area contributed by atoms with E-state index in [1.807, 2.05) is 48.5 Å². The third kappa shape index (κ3) is 6.13. The quantitative estimate of drug-likeness (QED) is 0.131. The number of carbonyl (C=O) groups is 1. The number of nitrogens with zero attached hydrogens (tertiary/aromatic N) is 3. The molecule has 262 valence electrons. The van der Waals surface area contributed by atoms with Crippen LogP contribution in [0.15, 0.2) is 66.7 Å². The van der Waals surface area contributed by atoms with Crippen LogP contribution < -0.4 is 20.4 Å². The van der Waals surface area contributed by atoms with Crippen LogP contribution in [0.2, 0.25) is 10.0 Å². The molecule has 0 saturated carbocycles. The maximum absolute atomic E-state index is 16.6. The average molecular weight is 763 g/mol. The number of amides is 2. The average Bonchev–Trinajstić information content (AvgIpc) is 3.73. The molecule has 0 bridgehead atoms. The molecule has 2 aliphatic heterocycles. The zero-order chi connectivity index (χ0) is 35.7. The van der Waals surface area contributed by atoms with Gasteiger partial charge in [0, 0.05) is 33.2 Å². The standard InChI is InChI=1S/C38H35Cl2FN6O2S2/c1-37(2,3)19-47(27-7-5-4-6-24(27)44-35(49)46-36-45-25-10-8-22(40)17-30(25)51-36)20-38(12-14-42-15-13-38)32-31(23(41)18-28(48)33(32)47)34-43-26-16-21(39)9-11-29(26)50-34/h4-11,16-18,42H,12-15,19-20H2,1-3H3,(H2-,43,44,45,46,48,49)/p+1. The number of hydrogen-bond acceptors (Lipinski definition) is 7. The van der Waals surface area contributed by atoms with Crippen molar-refractivity contribution in [3.63, 3.8) is 0 Å². The van der Waals surface area contributed by atoms with Gasteiger partial charge < -0.3 is 15.7 Å². The maximum Gasteiger partial charge on any atom is 0.325 e. The molecule has 0 radical (unpaired) electrons. The molecule has 2 aliphatic rings. The number of piperidine rings is 1. The minimum Gasteiger partial charge on any atom is -0.503 e.